The van der Waals surface area contributed by atoms with Crippen LogP contribution in [0, 0.1) is 0 Å². The summed E-state index contributed by atoms with van der Waals surface area (Å²) in [7, 11) is -2.24. The van der Waals surface area contributed by atoms with Crippen LogP contribution >= 0.6 is 11.3 Å². The van der Waals surface area contributed by atoms with Crippen molar-refractivity contribution >= 4 is 38.1 Å². The second-order valence-electron chi connectivity index (χ2n) is 3.57. The maximum atomic E-state index is 12.1. The van der Waals surface area contributed by atoms with Crippen LogP contribution in [0.1, 0.15) is 10.5 Å². The maximum Gasteiger partial charge on any atom is 0.357 e. The Hall–Kier alpha value is -2.20. The smallest absolute Gasteiger partial charge is 0.357 e. The summed E-state index contributed by atoms with van der Waals surface area (Å²) in [5.74, 6) is -0.777. The Kier molecular flexibility index (Phi) is 3.86. The molecule has 0 aliphatic heterocycles. The number of hydrogen-bond acceptors (Lipinski definition) is 7. The molecule has 8 nitrogen and oxygen atoms in total. The van der Waals surface area contributed by atoms with Crippen LogP contribution in [-0.4, -0.2) is 36.5 Å². The molecule has 3 N–H and O–H groups in total. The van der Waals surface area contributed by atoms with Gasteiger partial charge in [0, 0.05) is 13.2 Å². The molecule has 2 rings (SSSR count). The molecule has 20 heavy (non-hydrogen) atoms. The highest BCUT2D eigenvalue weighted by Gasteiger charge is 2.21. The monoisotopic (exact) mass is 314 g/mol. The zero-order chi connectivity index (χ0) is 14.8. The van der Waals surface area contributed by atoms with Gasteiger partial charge in [0.25, 0.3) is 10.0 Å². The van der Waals surface area contributed by atoms with E-state index in [4.69, 9.17) is 5.11 Å². The van der Waals surface area contributed by atoms with Crippen LogP contribution in [0.4, 0.5) is 10.8 Å². The van der Waals surface area contributed by atoms with Gasteiger partial charge < -0.3 is 10.4 Å². The molecule has 0 aliphatic rings. The van der Waals surface area contributed by atoms with E-state index in [-0.39, 0.29) is 15.6 Å². The SMILES string of the molecule is CNc1ccc(S(=O)(=O)Nc2scnc2C(=O)O)cn1. The van der Waals surface area contributed by atoms with E-state index in [1.165, 1.54) is 23.8 Å². The standard InChI is InChI=1S/C10H10N4O4S2/c1-11-7-3-2-6(4-12-7)20(17,18)14-9-8(10(15)16)13-5-19-9/h2-5,14H,1H3,(H,11,12)(H,15,16). The molecule has 0 spiro atoms. The highest BCUT2D eigenvalue weighted by molar-refractivity contribution is 7.93. The van der Waals surface area contributed by atoms with Crippen LogP contribution in [0.2, 0.25) is 0 Å². The van der Waals surface area contributed by atoms with Gasteiger partial charge >= 0.3 is 5.97 Å². The van der Waals surface area contributed by atoms with Crippen molar-refractivity contribution in [3.05, 3.63) is 29.5 Å². The van der Waals surface area contributed by atoms with E-state index in [1.54, 1.807) is 7.05 Å². The number of anilines is 2. The fraction of sp³-hybridized carbons (Fsp3) is 0.100. The minimum atomic E-state index is -3.90. The number of thiazole rings is 1. The molecule has 2 aromatic rings. The van der Waals surface area contributed by atoms with Gasteiger partial charge in [-0.05, 0) is 12.1 Å². The molecule has 0 saturated carbocycles. The molecule has 0 unspecified atom stereocenters. The molecule has 0 fully saturated rings. The molecule has 106 valence electrons. The van der Waals surface area contributed by atoms with Crippen molar-refractivity contribution in [2.24, 2.45) is 0 Å². The van der Waals surface area contributed by atoms with E-state index >= 15 is 0 Å². The number of nitrogens with zero attached hydrogens (tertiary/aromatic N) is 2. The number of nitrogens with one attached hydrogen (secondary N) is 2. The number of pyridine rings is 1. The van der Waals surface area contributed by atoms with Crippen LogP contribution in [-0.2, 0) is 10.0 Å². The van der Waals surface area contributed by atoms with Crippen LogP contribution in [0.5, 0.6) is 0 Å². The zero-order valence-corrected chi connectivity index (χ0v) is 11.8. The first-order valence-corrected chi connectivity index (χ1v) is 7.63. The van der Waals surface area contributed by atoms with Gasteiger partial charge in [-0.15, -0.1) is 11.3 Å². The van der Waals surface area contributed by atoms with E-state index < -0.39 is 16.0 Å². The quantitative estimate of drug-likeness (QED) is 0.755. The van der Waals surface area contributed by atoms with Gasteiger partial charge in [0.1, 0.15) is 15.7 Å². The van der Waals surface area contributed by atoms with Gasteiger partial charge in [0.2, 0.25) is 0 Å². The van der Waals surface area contributed by atoms with Crippen molar-refractivity contribution < 1.29 is 18.3 Å². The fourth-order valence-corrected chi connectivity index (χ4v) is 3.27. The average Bonchev–Trinajstić information content (AvgIpc) is 2.86. The Balaban J connectivity index is 2.30. The van der Waals surface area contributed by atoms with Gasteiger partial charge in [0.15, 0.2) is 5.69 Å². The molecule has 0 saturated heterocycles. The van der Waals surface area contributed by atoms with Gasteiger partial charge in [-0.3, -0.25) is 4.72 Å². The normalized spacial score (nSPS) is 11.1. The highest BCUT2D eigenvalue weighted by Crippen LogP contribution is 2.24. The number of rotatable bonds is 5. The lowest BCUT2D eigenvalue weighted by molar-refractivity contribution is 0.0692. The number of aromatic carboxylic acids is 1. The average molecular weight is 314 g/mol. The topological polar surface area (TPSA) is 121 Å². The second-order valence-corrected chi connectivity index (χ2v) is 6.11. The van der Waals surface area contributed by atoms with Gasteiger partial charge in [-0.2, -0.15) is 0 Å². The molecule has 0 atom stereocenters. The molecule has 0 amide bonds. The fourth-order valence-electron chi connectivity index (χ4n) is 1.34. The largest absolute Gasteiger partial charge is 0.476 e. The molecule has 0 aromatic carbocycles. The number of carbonyl (C=O) groups is 1. The van der Waals surface area contributed by atoms with Crippen molar-refractivity contribution in [3.63, 3.8) is 0 Å². The lowest BCUT2D eigenvalue weighted by Crippen LogP contribution is -2.14. The van der Waals surface area contributed by atoms with Crippen LogP contribution in [0.25, 0.3) is 0 Å². The van der Waals surface area contributed by atoms with Crippen LogP contribution in [0.15, 0.2) is 28.7 Å². The Bertz CT molecular complexity index is 724. The minimum absolute atomic E-state index is 0.0461. The maximum absolute atomic E-state index is 12.1. The number of carboxylic acid groups (broad SMARTS) is 1. The Labute approximate surface area is 118 Å². The molecule has 0 radical (unpaired) electrons. The first kappa shape index (κ1) is 14.2. The van der Waals surface area contributed by atoms with Crippen molar-refractivity contribution in [2.45, 2.75) is 4.90 Å². The summed E-state index contributed by atoms with van der Waals surface area (Å²) in [5, 5.41) is 11.6. The number of aromatic nitrogens is 2. The van der Waals surface area contributed by atoms with Crippen LogP contribution < -0.4 is 10.0 Å². The van der Waals surface area contributed by atoms with Crippen molar-refractivity contribution in [3.8, 4) is 0 Å². The molecule has 0 bridgehead atoms. The summed E-state index contributed by atoms with van der Waals surface area (Å²) in [6, 6.07) is 2.86. The highest BCUT2D eigenvalue weighted by atomic mass is 32.2. The summed E-state index contributed by atoms with van der Waals surface area (Å²) in [6.07, 6.45) is 1.18. The van der Waals surface area contributed by atoms with E-state index in [0.29, 0.717) is 5.82 Å². The summed E-state index contributed by atoms with van der Waals surface area (Å²) in [5.41, 5.74) is 0.919. The van der Waals surface area contributed by atoms with Gasteiger partial charge in [0.05, 0.1) is 5.51 Å². The summed E-state index contributed by atoms with van der Waals surface area (Å²) in [4.78, 5) is 18.3. The summed E-state index contributed by atoms with van der Waals surface area (Å²) >= 11 is 0.892. The third kappa shape index (κ3) is 2.86. The molecule has 2 aromatic heterocycles. The first-order valence-electron chi connectivity index (χ1n) is 5.27. The summed E-state index contributed by atoms with van der Waals surface area (Å²) in [6.45, 7) is 0. The van der Waals surface area contributed by atoms with E-state index in [0.717, 1.165) is 11.3 Å². The molecule has 0 aliphatic carbocycles. The molecular weight excluding hydrogens is 304 g/mol. The van der Waals surface area contributed by atoms with Crippen molar-refractivity contribution in [1.82, 2.24) is 9.97 Å². The van der Waals surface area contributed by atoms with Gasteiger partial charge in [-0.1, -0.05) is 0 Å². The van der Waals surface area contributed by atoms with E-state index in [2.05, 4.69) is 20.0 Å². The van der Waals surface area contributed by atoms with Gasteiger partial charge in [-0.25, -0.2) is 23.2 Å². The number of hydrogen-bond donors (Lipinski definition) is 3. The number of carboxylic acids is 1. The predicted octanol–water partition coefficient (Wildman–Crippen LogP) is 1.08. The Morgan fingerprint density at radius 1 is 1.35 bits per heavy atom. The van der Waals surface area contributed by atoms with Crippen LogP contribution in [0.3, 0.4) is 0 Å². The molecule has 2 heterocycles. The lowest BCUT2D eigenvalue weighted by atomic mass is 10.5. The third-order valence-electron chi connectivity index (χ3n) is 2.30. The minimum Gasteiger partial charge on any atom is -0.476 e. The Morgan fingerprint density at radius 2 is 2.10 bits per heavy atom. The van der Waals surface area contributed by atoms with E-state index in [1.807, 2.05) is 0 Å². The first-order chi connectivity index (χ1) is 9.44. The second kappa shape index (κ2) is 5.43. The predicted molar refractivity (Wildman–Crippen MR) is 73.7 cm³/mol. The Morgan fingerprint density at radius 3 is 2.65 bits per heavy atom. The molecule has 10 heteroatoms. The van der Waals surface area contributed by atoms with E-state index in [9.17, 15) is 13.2 Å². The summed E-state index contributed by atoms with van der Waals surface area (Å²) < 4.78 is 26.4. The van der Waals surface area contributed by atoms with Crippen molar-refractivity contribution in [1.29, 1.82) is 0 Å². The zero-order valence-electron chi connectivity index (χ0n) is 10.2. The lowest BCUT2D eigenvalue weighted by Gasteiger charge is -2.07. The third-order valence-corrected chi connectivity index (χ3v) is 4.51. The van der Waals surface area contributed by atoms with Crippen molar-refractivity contribution in [2.75, 3.05) is 17.1 Å². The number of sulfonamides is 1. The molecular formula is C10H10N4O4S2.